The van der Waals surface area contributed by atoms with Crippen molar-refractivity contribution in [2.24, 2.45) is 0 Å². The van der Waals surface area contributed by atoms with Crippen molar-refractivity contribution in [3.63, 3.8) is 0 Å². The summed E-state index contributed by atoms with van der Waals surface area (Å²) < 4.78 is 6.44. The van der Waals surface area contributed by atoms with E-state index < -0.39 is 0 Å². The van der Waals surface area contributed by atoms with Crippen molar-refractivity contribution < 1.29 is 9.53 Å². The highest BCUT2D eigenvalue weighted by atomic mass is 79.9. The summed E-state index contributed by atoms with van der Waals surface area (Å²) in [5.74, 6) is 0.831. The summed E-state index contributed by atoms with van der Waals surface area (Å²) in [5, 5.41) is 0. The minimum atomic E-state index is -0.381. The number of hydrogen-bond donors (Lipinski definition) is 0. The Kier molecular flexibility index (Phi) is 4.33. The van der Waals surface area contributed by atoms with Gasteiger partial charge in [0.2, 0.25) is 0 Å². The molecule has 82 valence electrons. The van der Waals surface area contributed by atoms with Gasteiger partial charge in [0.05, 0.1) is 4.47 Å². The molecule has 0 spiro atoms. The SMILES string of the molecule is CCC(=O)C(C)Oc1ccc(C)cc1Br. The lowest BCUT2D eigenvalue weighted by Crippen LogP contribution is -2.22. The molecule has 0 heterocycles. The molecule has 1 aromatic rings. The first-order chi connectivity index (χ1) is 7.04. The Morgan fingerprint density at radius 1 is 1.53 bits per heavy atom. The van der Waals surface area contributed by atoms with Gasteiger partial charge in [0.1, 0.15) is 5.75 Å². The Morgan fingerprint density at radius 3 is 2.73 bits per heavy atom. The summed E-state index contributed by atoms with van der Waals surface area (Å²) in [6.07, 6.45) is 0.124. The molecule has 1 atom stereocenters. The number of benzene rings is 1. The van der Waals surface area contributed by atoms with Gasteiger partial charge in [-0.1, -0.05) is 13.0 Å². The molecule has 1 unspecified atom stereocenters. The molecule has 2 nitrogen and oxygen atoms in total. The van der Waals surface area contributed by atoms with E-state index in [4.69, 9.17) is 4.74 Å². The molecule has 0 saturated carbocycles. The molecule has 0 saturated heterocycles. The van der Waals surface area contributed by atoms with Crippen LogP contribution in [-0.2, 0) is 4.79 Å². The number of Topliss-reactive ketones (excluding diaryl/α,β-unsaturated/α-hetero) is 1. The van der Waals surface area contributed by atoms with Gasteiger partial charge in [-0.25, -0.2) is 0 Å². The number of halogens is 1. The second kappa shape index (κ2) is 5.31. The maximum Gasteiger partial charge on any atom is 0.172 e. The number of ether oxygens (including phenoxy) is 1. The van der Waals surface area contributed by atoms with Gasteiger partial charge in [-0.3, -0.25) is 4.79 Å². The van der Waals surface area contributed by atoms with Gasteiger partial charge in [0, 0.05) is 6.42 Å². The average Bonchev–Trinajstić information content (AvgIpc) is 2.20. The van der Waals surface area contributed by atoms with E-state index in [-0.39, 0.29) is 11.9 Å². The van der Waals surface area contributed by atoms with Gasteiger partial charge in [0.15, 0.2) is 11.9 Å². The van der Waals surface area contributed by atoms with Crippen LogP contribution < -0.4 is 4.74 Å². The Balaban J connectivity index is 2.76. The van der Waals surface area contributed by atoms with Crippen LogP contribution in [0.2, 0.25) is 0 Å². The summed E-state index contributed by atoms with van der Waals surface area (Å²) in [6, 6.07) is 5.81. The van der Waals surface area contributed by atoms with Crippen LogP contribution in [0.15, 0.2) is 22.7 Å². The minimum absolute atomic E-state index is 0.113. The number of carbonyl (C=O) groups excluding carboxylic acids is 1. The van der Waals surface area contributed by atoms with E-state index in [9.17, 15) is 4.79 Å². The van der Waals surface area contributed by atoms with Gasteiger partial charge >= 0.3 is 0 Å². The van der Waals surface area contributed by atoms with Crippen molar-refractivity contribution in [1.82, 2.24) is 0 Å². The quantitative estimate of drug-likeness (QED) is 0.837. The smallest absolute Gasteiger partial charge is 0.172 e. The highest BCUT2D eigenvalue weighted by Gasteiger charge is 2.13. The maximum atomic E-state index is 11.4. The zero-order chi connectivity index (χ0) is 11.4. The van der Waals surface area contributed by atoms with Crippen LogP contribution in [0.1, 0.15) is 25.8 Å². The monoisotopic (exact) mass is 270 g/mol. The van der Waals surface area contributed by atoms with Crippen molar-refractivity contribution in [2.75, 3.05) is 0 Å². The number of carbonyl (C=O) groups is 1. The average molecular weight is 271 g/mol. The molecule has 0 aliphatic carbocycles. The lowest BCUT2D eigenvalue weighted by atomic mass is 10.2. The van der Waals surface area contributed by atoms with E-state index in [0.29, 0.717) is 6.42 Å². The summed E-state index contributed by atoms with van der Waals surface area (Å²) in [4.78, 5) is 11.4. The lowest BCUT2D eigenvalue weighted by molar-refractivity contribution is -0.124. The van der Waals surface area contributed by atoms with E-state index in [1.165, 1.54) is 0 Å². The minimum Gasteiger partial charge on any atom is -0.482 e. The molecule has 15 heavy (non-hydrogen) atoms. The topological polar surface area (TPSA) is 26.3 Å². The second-order valence-corrected chi connectivity index (χ2v) is 4.37. The first-order valence-corrected chi connectivity index (χ1v) is 5.79. The van der Waals surface area contributed by atoms with E-state index in [1.54, 1.807) is 6.92 Å². The molecule has 1 aromatic carbocycles. The lowest BCUT2D eigenvalue weighted by Gasteiger charge is -2.14. The first-order valence-electron chi connectivity index (χ1n) is 5.00. The zero-order valence-corrected chi connectivity index (χ0v) is 10.8. The van der Waals surface area contributed by atoms with E-state index in [0.717, 1.165) is 15.8 Å². The standard InChI is InChI=1S/C12H15BrO2/c1-4-11(14)9(3)15-12-6-5-8(2)7-10(12)13/h5-7,9H,4H2,1-3H3. The van der Waals surface area contributed by atoms with Crippen LogP contribution in [0.3, 0.4) is 0 Å². The van der Waals surface area contributed by atoms with Gasteiger partial charge in [0.25, 0.3) is 0 Å². The molecule has 1 rings (SSSR count). The normalized spacial score (nSPS) is 12.3. The Bertz CT molecular complexity index is 361. The highest BCUT2D eigenvalue weighted by Crippen LogP contribution is 2.26. The van der Waals surface area contributed by atoms with E-state index in [1.807, 2.05) is 32.0 Å². The Hall–Kier alpha value is -0.830. The van der Waals surface area contributed by atoms with Crippen molar-refractivity contribution in [1.29, 1.82) is 0 Å². The molecule has 0 aromatic heterocycles. The fraction of sp³-hybridized carbons (Fsp3) is 0.417. The van der Waals surface area contributed by atoms with Crippen LogP contribution in [0.5, 0.6) is 5.75 Å². The van der Waals surface area contributed by atoms with Crippen LogP contribution in [0.25, 0.3) is 0 Å². The molecule has 0 fully saturated rings. The molecular formula is C12H15BrO2. The highest BCUT2D eigenvalue weighted by molar-refractivity contribution is 9.10. The predicted molar refractivity (Wildman–Crippen MR) is 64.3 cm³/mol. The number of aryl methyl sites for hydroxylation is 1. The van der Waals surface area contributed by atoms with Crippen LogP contribution in [0.4, 0.5) is 0 Å². The summed E-state index contributed by atoms with van der Waals surface area (Å²) in [7, 11) is 0. The molecule has 3 heteroatoms. The molecule has 0 aliphatic heterocycles. The molecule has 0 N–H and O–H groups in total. The van der Waals surface area contributed by atoms with Crippen molar-refractivity contribution in [3.05, 3.63) is 28.2 Å². The Morgan fingerprint density at radius 2 is 2.20 bits per heavy atom. The predicted octanol–water partition coefficient (Wildman–Crippen LogP) is 3.50. The fourth-order valence-electron chi connectivity index (χ4n) is 1.25. The molecule has 0 aliphatic rings. The van der Waals surface area contributed by atoms with E-state index >= 15 is 0 Å². The van der Waals surface area contributed by atoms with Crippen LogP contribution in [-0.4, -0.2) is 11.9 Å². The van der Waals surface area contributed by atoms with E-state index in [2.05, 4.69) is 15.9 Å². The third-order valence-electron chi connectivity index (χ3n) is 2.19. The molecule has 0 bridgehead atoms. The van der Waals surface area contributed by atoms with Gasteiger partial charge in [-0.2, -0.15) is 0 Å². The number of ketones is 1. The van der Waals surface area contributed by atoms with Gasteiger partial charge in [-0.15, -0.1) is 0 Å². The summed E-state index contributed by atoms with van der Waals surface area (Å²) in [6.45, 7) is 5.62. The van der Waals surface area contributed by atoms with Gasteiger partial charge in [-0.05, 0) is 47.5 Å². The molecule has 0 radical (unpaired) electrons. The Labute approximate surface area is 98.8 Å². The molecular weight excluding hydrogens is 256 g/mol. The maximum absolute atomic E-state index is 11.4. The summed E-state index contributed by atoms with van der Waals surface area (Å²) >= 11 is 3.41. The second-order valence-electron chi connectivity index (χ2n) is 3.51. The van der Waals surface area contributed by atoms with Gasteiger partial charge < -0.3 is 4.74 Å². The van der Waals surface area contributed by atoms with Crippen molar-refractivity contribution in [2.45, 2.75) is 33.3 Å². The first kappa shape index (κ1) is 12.2. The molecule has 0 amide bonds. The fourth-order valence-corrected chi connectivity index (χ4v) is 1.83. The number of rotatable bonds is 4. The third-order valence-corrected chi connectivity index (χ3v) is 2.81. The largest absolute Gasteiger partial charge is 0.482 e. The van der Waals surface area contributed by atoms with Crippen LogP contribution in [0, 0.1) is 6.92 Å². The van der Waals surface area contributed by atoms with Crippen molar-refractivity contribution in [3.8, 4) is 5.75 Å². The van der Waals surface area contributed by atoms with Crippen LogP contribution >= 0.6 is 15.9 Å². The zero-order valence-electron chi connectivity index (χ0n) is 9.21. The summed E-state index contributed by atoms with van der Waals surface area (Å²) in [5.41, 5.74) is 1.16. The number of hydrogen-bond acceptors (Lipinski definition) is 2. The van der Waals surface area contributed by atoms with Crippen molar-refractivity contribution >= 4 is 21.7 Å². The third kappa shape index (κ3) is 3.34.